The summed E-state index contributed by atoms with van der Waals surface area (Å²) in [6, 6.07) is 1.67. The van der Waals surface area contributed by atoms with Crippen LogP contribution in [-0.4, -0.2) is 41.6 Å². The largest absolute Gasteiger partial charge is 0.478 e. The molecule has 6 heteroatoms. The Bertz CT molecular complexity index is 447. The molecule has 0 aliphatic carbocycles. The topological polar surface area (TPSA) is 82.5 Å². The average molecular weight is 235 g/mol. The third-order valence-corrected chi connectivity index (χ3v) is 2.68. The van der Waals surface area contributed by atoms with E-state index in [1.165, 1.54) is 6.20 Å². The molecular formula is C11H13N3O3. The van der Waals surface area contributed by atoms with Crippen molar-refractivity contribution < 1.29 is 14.7 Å². The first kappa shape index (κ1) is 11.4. The molecule has 0 atom stereocenters. The zero-order chi connectivity index (χ0) is 12.3. The van der Waals surface area contributed by atoms with E-state index in [0.717, 1.165) is 0 Å². The van der Waals surface area contributed by atoms with E-state index in [1.807, 2.05) is 4.90 Å². The van der Waals surface area contributed by atoms with Gasteiger partial charge in [0.15, 0.2) is 0 Å². The maximum absolute atomic E-state index is 11.2. The third kappa shape index (κ3) is 2.52. The number of aromatic nitrogens is 1. The first-order chi connectivity index (χ1) is 8.18. The molecule has 17 heavy (non-hydrogen) atoms. The molecular weight excluding hydrogens is 222 g/mol. The molecule has 1 aromatic rings. The summed E-state index contributed by atoms with van der Waals surface area (Å²) in [5.41, 5.74) is 0.783. The van der Waals surface area contributed by atoms with Crippen LogP contribution in [0.2, 0.25) is 0 Å². The summed E-state index contributed by atoms with van der Waals surface area (Å²) in [5, 5.41) is 11.8. The number of carboxylic acid groups (broad SMARTS) is 1. The van der Waals surface area contributed by atoms with E-state index in [2.05, 4.69) is 10.3 Å². The van der Waals surface area contributed by atoms with Crippen molar-refractivity contribution in [3.05, 3.63) is 24.0 Å². The van der Waals surface area contributed by atoms with E-state index in [9.17, 15) is 9.59 Å². The van der Waals surface area contributed by atoms with Crippen molar-refractivity contribution in [2.45, 2.75) is 6.42 Å². The Morgan fingerprint density at radius 1 is 1.47 bits per heavy atom. The molecule has 0 radical (unpaired) electrons. The van der Waals surface area contributed by atoms with E-state index < -0.39 is 5.97 Å². The lowest BCUT2D eigenvalue weighted by molar-refractivity contribution is -0.120. The summed E-state index contributed by atoms with van der Waals surface area (Å²) < 4.78 is 0. The van der Waals surface area contributed by atoms with E-state index in [4.69, 9.17) is 5.11 Å². The summed E-state index contributed by atoms with van der Waals surface area (Å²) in [7, 11) is 0. The number of hydrogen-bond acceptors (Lipinski definition) is 4. The molecule has 1 aliphatic rings. The van der Waals surface area contributed by atoms with Crippen molar-refractivity contribution >= 4 is 17.6 Å². The summed E-state index contributed by atoms with van der Waals surface area (Å²) in [6.07, 6.45) is 3.26. The molecule has 0 aromatic carbocycles. The van der Waals surface area contributed by atoms with Gasteiger partial charge in [0.05, 0.1) is 5.69 Å². The zero-order valence-electron chi connectivity index (χ0n) is 9.22. The maximum Gasteiger partial charge on any atom is 0.339 e. The highest BCUT2D eigenvalue weighted by Crippen LogP contribution is 2.19. The zero-order valence-corrected chi connectivity index (χ0v) is 9.22. The molecule has 0 bridgehead atoms. The molecule has 0 saturated carbocycles. The van der Waals surface area contributed by atoms with Gasteiger partial charge in [0.2, 0.25) is 5.91 Å². The molecule has 2 rings (SSSR count). The van der Waals surface area contributed by atoms with Crippen molar-refractivity contribution in [2.75, 3.05) is 24.5 Å². The van der Waals surface area contributed by atoms with Gasteiger partial charge in [-0.3, -0.25) is 9.78 Å². The molecule has 1 saturated heterocycles. The van der Waals surface area contributed by atoms with Gasteiger partial charge >= 0.3 is 5.97 Å². The number of nitrogens with one attached hydrogen (secondary N) is 1. The van der Waals surface area contributed by atoms with E-state index in [0.29, 0.717) is 31.7 Å². The Balaban J connectivity index is 2.26. The minimum Gasteiger partial charge on any atom is -0.478 e. The van der Waals surface area contributed by atoms with E-state index >= 15 is 0 Å². The molecule has 0 unspecified atom stereocenters. The monoisotopic (exact) mass is 235 g/mol. The number of carboxylic acids is 1. The van der Waals surface area contributed by atoms with Crippen LogP contribution < -0.4 is 10.2 Å². The quantitative estimate of drug-likeness (QED) is 0.760. The van der Waals surface area contributed by atoms with Crippen LogP contribution in [0.3, 0.4) is 0 Å². The molecule has 0 spiro atoms. The number of carbonyl (C=O) groups excluding carboxylic acids is 1. The van der Waals surface area contributed by atoms with Crippen LogP contribution in [0.25, 0.3) is 0 Å². The second kappa shape index (κ2) is 4.82. The third-order valence-electron chi connectivity index (χ3n) is 2.68. The summed E-state index contributed by atoms with van der Waals surface area (Å²) in [6.45, 7) is 1.66. The second-order valence-electron chi connectivity index (χ2n) is 3.78. The van der Waals surface area contributed by atoms with Crippen LogP contribution in [0.5, 0.6) is 0 Å². The van der Waals surface area contributed by atoms with Gasteiger partial charge in [-0.1, -0.05) is 0 Å². The first-order valence-corrected chi connectivity index (χ1v) is 5.37. The Kier molecular flexibility index (Phi) is 3.22. The minimum absolute atomic E-state index is 0.00145. The standard InChI is InChI=1S/C11H13N3O3/c15-10-2-5-14(6-4-13-10)9-1-3-12-7-8(9)11(16)17/h1,3,7H,2,4-6H2,(H,13,15)(H,16,17). The average Bonchev–Trinajstić information content (AvgIpc) is 2.54. The Hall–Kier alpha value is -2.11. The van der Waals surface area contributed by atoms with Crippen molar-refractivity contribution in [2.24, 2.45) is 0 Å². The lowest BCUT2D eigenvalue weighted by Gasteiger charge is -2.23. The fourth-order valence-electron chi connectivity index (χ4n) is 1.84. The van der Waals surface area contributed by atoms with E-state index in [1.54, 1.807) is 12.3 Å². The summed E-state index contributed by atoms with van der Waals surface area (Å²) in [4.78, 5) is 28.0. The normalized spacial score (nSPS) is 16.2. The van der Waals surface area contributed by atoms with Crippen LogP contribution in [-0.2, 0) is 4.79 Å². The van der Waals surface area contributed by atoms with Crippen molar-refractivity contribution in [1.82, 2.24) is 10.3 Å². The summed E-state index contributed by atoms with van der Waals surface area (Å²) in [5.74, 6) is -1.00. The highest BCUT2D eigenvalue weighted by Gasteiger charge is 2.19. The number of anilines is 1. The highest BCUT2D eigenvalue weighted by atomic mass is 16.4. The van der Waals surface area contributed by atoms with Gasteiger partial charge in [0.1, 0.15) is 5.56 Å². The molecule has 90 valence electrons. The second-order valence-corrected chi connectivity index (χ2v) is 3.78. The molecule has 2 heterocycles. The van der Waals surface area contributed by atoms with E-state index in [-0.39, 0.29) is 11.5 Å². The van der Waals surface area contributed by atoms with Crippen molar-refractivity contribution in [3.8, 4) is 0 Å². The first-order valence-electron chi connectivity index (χ1n) is 5.37. The number of aromatic carboxylic acids is 1. The fraction of sp³-hybridized carbons (Fsp3) is 0.364. The molecule has 1 fully saturated rings. The van der Waals surface area contributed by atoms with Crippen LogP contribution in [0.4, 0.5) is 5.69 Å². The van der Waals surface area contributed by atoms with Gasteiger partial charge in [-0.2, -0.15) is 0 Å². The van der Waals surface area contributed by atoms with Gasteiger partial charge in [-0.25, -0.2) is 4.79 Å². The highest BCUT2D eigenvalue weighted by molar-refractivity contribution is 5.94. The smallest absolute Gasteiger partial charge is 0.339 e. The molecule has 1 aliphatic heterocycles. The lowest BCUT2D eigenvalue weighted by atomic mass is 10.2. The van der Waals surface area contributed by atoms with Crippen LogP contribution in [0.1, 0.15) is 16.8 Å². The van der Waals surface area contributed by atoms with Gasteiger partial charge in [-0.15, -0.1) is 0 Å². The number of rotatable bonds is 2. The number of carbonyl (C=O) groups is 2. The van der Waals surface area contributed by atoms with Gasteiger partial charge in [-0.05, 0) is 6.07 Å². The van der Waals surface area contributed by atoms with Gasteiger partial charge in [0, 0.05) is 38.4 Å². The lowest BCUT2D eigenvalue weighted by Crippen LogP contribution is -2.29. The van der Waals surface area contributed by atoms with Gasteiger partial charge in [0.25, 0.3) is 0 Å². The fourth-order valence-corrected chi connectivity index (χ4v) is 1.84. The van der Waals surface area contributed by atoms with Crippen molar-refractivity contribution in [1.29, 1.82) is 0 Å². The molecule has 2 N–H and O–H groups in total. The molecule has 6 nitrogen and oxygen atoms in total. The summed E-state index contributed by atoms with van der Waals surface area (Å²) >= 11 is 0. The van der Waals surface area contributed by atoms with Gasteiger partial charge < -0.3 is 15.3 Å². The predicted octanol–water partition coefficient (Wildman–Crippen LogP) is 0.106. The molecule has 1 amide bonds. The molecule has 1 aromatic heterocycles. The number of nitrogens with zero attached hydrogens (tertiary/aromatic N) is 2. The number of hydrogen-bond donors (Lipinski definition) is 2. The Labute approximate surface area is 98.3 Å². The number of amides is 1. The minimum atomic E-state index is -1.00. The number of pyridine rings is 1. The van der Waals surface area contributed by atoms with Crippen LogP contribution >= 0.6 is 0 Å². The van der Waals surface area contributed by atoms with Crippen molar-refractivity contribution in [3.63, 3.8) is 0 Å². The maximum atomic E-state index is 11.2. The van der Waals surface area contributed by atoms with Crippen LogP contribution in [0.15, 0.2) is 18.5 Å². The van der Waals surface area contributed by atoms with Crippen LogP contribution in [0, 0.1) is 0 Å². The Morgan fingerprint density at radius 3 is 3.06 bits per heavy atom. The SMILES string of the molecule is O=C1CCN(c2ccncc2C(=O)O)CCN1. The Morgan fingerprint density at radius 2 is 2.29 bits per heavy atom. The predicted molar refractivity (Wildman–Crippen MR) is 61.0 cm³/mol.